The number of nitrogens with zero attached hydrogens (tertiary/aromatic N) is 1. The van der Waals surface area contributed by atoms with Crippen LogP contribution in [0.25, 0.3) is 0 Å². The van der Waals surface area contributed by atoms with Gasteiger partial charge in [-0.25, -0.2) is 4.98 Å². The first-order valence-corrected chi connectivity index (χ1v) is 7.69. The van der Waals surface area contributed by atoms with Gasteiger partial charge in [0.1, 0.15) is 5.82 Å². The van der Waals surface area contributed by atoms with E-state index in [2.05, 4.69) is 25.9 Å². The van der Waals surface area contributed by atoms with Gasteiger partial charge >= 0.3 is 0 Å². The molecule has 0 unspecified atom stereocenters. The number of halogens is 2. The molecule has 6 heteroatoms. The second-order valence-electron chi connectivity index (χ2n) is 3.56. The van der Waals surface area contributed by atoms with Crippen molar-refractivity contribution in [1.29, 1.82) is 0 Å². The Morgan fingerprint density at radius 1 is 1.44 bits per heavy atom. The van der Waals surface area contributed by atoms with Crippen molar-refractivity contribution in [3.05, 3.63) is 57.2 Å². The first-order valence-electron chi connectivity index (χ1n) is 5.20. The van der Waals surface area contributed by atoms with Gasteiger partial charge in [0.15, 0.2) is 0 Å². The van der Waals surface area contributed by atoms with Crippen LogP contribution < -0.4 is 5.56 Å². The zero-order valence-corrected chi connectivity index (χ0v) is 12.5. The van der Waals surface area contributed by atoms with Crippen LogP contribution in [0.3, 0.4) is 0 Å². The van der Waals surface area contributed by atoms with Crippen LogP contribution in [0, 0.1) is 0 Å². The fraction of sp³-hybridized carbons (Fsp3) is 0.167. The Morgan fingerprint density at radius 3 is 2.94 bits per heavy atom. The highest BCUT2D eigenvalue weighted by Crippen LogP contribution is 2.23. The van der Waals surface area contributed by atoms with Gasteiger partial charge in [-0.05, 0) is 18.2 Å². The number of nitrogens with one attached hydrogen (secondary N) is 1. The molecule has 0 aliphatic rings. The number of aromatic amines is 1. The summed E-state index contributed by atoms with van der Waals surface area (Å²) in [5.41, 5.74) is 0.537. The molecule has 0 spiro atoms. The second-order valence-corrected chi connectivity index (χ2v) is 5.61. The molecule has 0 aliphatic carbocycles. The fourth-order valence-corrected chi connectivity index (χ4v) is 2.82. The van der Waals surface area contributed by atoms with E-state index in [4.69, 9.17) is 11.6 Å². The third kappa shape index (κ3) is 3.60. The standard InChI is InChI=1S/C12H10BrClN2OS/c13-5-8-6-15-11(16-12(8)17)7-18-10-3-1-2-9(14)4-10/h1-4,6H,5,7H2,(H,15,16,17). The van der Waals surface area contributed by atoms with Crippen molar-refractivity contribution in [3.8, 4) is 0 Å². The van der Waals surface area contributed by atoms with Gasteiger partial charge in [0.05, 0.1) is 5.75 Å². The maximum atomic E-state index is 11.6. The summed E-state index contributed by atoms with van der Waals surface area (Å²) < 4.78 is 0. The number of thioether (sulfide) groups is 1. The highest BCUT2D eigenvalue weighted by Gasteiger charge is 2.02. The molecule has 0 bridgehead atoms. The van der Waals surface area contributed by atoms with Crippen LogP contribution in [-0.4, -0.2) is 9.97 Å². The summed E-state index contributed by atoms with van der Waals surface area (Å²) in [6, 6.07) is 7.59. The van der Waals surface area contributed by atoms with Crippen LogP contribution in [0.5, 0.6) is 0 Å². The molecule has 94 valence electrons. The zero-order chi connectivity index (χ0) is 13.0. The lowest BCUT2D eigenvalue weighted by Crippen LogP contribution is -2.14. The van der Waals surface area contributed by atoms with Crippen LogP contribution in [0.2, 0.25) is 5.02 Å². The monoisotopic (exact) mass is 344 g/mol. The van der Waals surface area contributed by atoms with E-state index in [1.165, 1.54) is 0 Å². The van der Waals surface area contributed by atoms with Crippen LogP contribution in [0.4, 0.5) is 0 Å². The highest BCUT2D eigenvalue weighted by molar-refractivity contribution is 9.08. The predicted octanol–water partition coefficient (Wildman–Crippen LogP) is 3.61. The summed E-state index contributed by atoms with van der Waals surface area (Å²) in [4.78, 5) is 19.6. The van der Waals surface area contributed by atoms with E-state index >= 15 is 0 Å². The van der Waals surface area contributed by atoms with Crippen LogP contribution in [-0.2, 0) is 11.1 Å². The van der Waals surface area contributed by atoms with Crippen LogP contribution >= 0.6 is 39.3 Å². The minimum absolute atomic E-state index is 0.0939. The van der Waals surface area contributed by atoms with E-state index in [0.717, 1.165) is 4.90 Å². The molecule has 1 aromatic heterocycles. The Bertz CT molecular complexity index is 603. The van der Waals surface area contributed by atoms with E-state index < -0.39 is 0 Å². The molecule has 2 aromatic rings. The van der Waals surface area contributed by atoms with E-state index in [0.29, 0.717) is 27.5 Å². The normalized spacial score (nSPS) is 10.6. The van der Waals surface area contributed by atoms with Gasteiger partial charge in [0.2, 0.25) is 0 Å². The van der Waals surface area contributed by atoms with Gasteiger partial charge in [0, 0.05) is 27.0 Å². The van der Waals surface area contributed by atoms with Crippen molar-refractivity contribution in [2.45, 2.75) is 16.0 Å². The molecule has 0 aliphatic heterocycles. The smallest absolute Gasteiger partial charge is 0.254 e. The molecule has 18 heavy (non-hydrogen) atoms. The molecule has 0 atom stereocenters. The molecule has 1 N–H and O–H groups in total. The van der Waals surface area contributed by atoms with Crippen LogP contribution in [0.1, 0.15) is 11.4 Å². The van der Waals surface area contributed by atoms with E-state index in [1.54, 1.807) is 18.0 Å². The minimum Gasteiger partial charge on any atom is -0.310 e. The summed E-state index contributed by atoms with van der Waals surface area (Å²) in [7, 11) is 0. The van der Waals surface area contributed by atoms with Gasteiger partial charge < -0.3 is 4.98 Å². The number of rotatable bonds is 4. The first-order chi connectivity index (χ1) is 8.69. The Balaban J connectivity index is 2.06. The van der Waals surface area contributed by atoms with Crippen molar-refractivity contribution in [2.24, 2.45) is 0 Å². The van der Waals surface area contributed by atoms with Crippen molar-refractivity contribution in [1.82, 2.24) is 9.97 Å². The SMILES string of the molecule is O=c1[nH]c(CSc2cccc(Cl)c2)ncc1CBr. The topological polar surface area (TPSA) is 45.8 Å². The summed E-state index contributed by atoms with van der Waals surface area (Å²) in [6.45, 7) is 0. The quantitative estimate of drug-likeness (QED) is 0.680. The van der Waals surface area contributed by atoms with Crippen molar-refractivity contribution >= 4 is 39.3 Å². The average Bonchev–Trinajstić information content (AvgIpc) is 2.37. The molecule has 3 nitrogen and oxygen atoms in total. The Kier molecular flexibility index (Phi) is 4.86. The van der Waals surface area contributed by atoms with Crippen molar-refractivity contribution in [3.63, 3.8) is 0 Å². The number of hydrogen-bond donors (Lipinski definition) is 1. The lowest BCUT2D eigenvalue weighted by Gasteiger charge is -2.02. The third-order valence-corrected chi connectivity index (χ3v) is 4.09. The minimum atomic E-state index is -0.0939. The number of benzene rings is 1. The number of H-pyrrole nitrogens is 1. The fourth-order valence-electron chi connectivity index (χ4n) is 1.34. The van der Waals surface area contributed by atoms with Gasteiger partial charge in [-0.3, -0.25) is 4.79 Å². The lowest BCUT2D eigenvalue weighted by molar-refractivity contribution is 0.976. The largest absolute Gasteiger partial charge is 0.310 e. The van der Waals surface area contributed by atoms with Crippen LogP contribution in [0.15, 0.2) is 40.2 Å². The Hall–Kier alpha value is -0.780. The molecule has 0 radical (unpaired) electrons. The van der Waals surface area contributed by atoms with Gasteiger partial charge in [-0.1, -0.05) is 33.6 Å². The van der Waals surface area contributed by atoms with Gasteiger partial charge in [-0.15, -0.1) is 11.8 Å². The number of hydrogen-bond acceptors (Lipinski definition) is 3. The third-order valence-electron chi connectivity index (χ3n) is 2.24. The van der Waals surface area contributed by atoms with E-state index in [-0.39, 0.29) is 5.56 Å². The maximum Gasteiger partial charge on any atom is 0.254 e. The maximum absolute atomic E-state index is 11.6. The summed E-state index contributed by atoms with van der Waals surface area (Å²) in [5.74, 6) is 1.27. The highest BCUT2D eigenvalue weighted by atomic mass is 79.9. The molecular formula is C12H10BrClN2OS. The van der Waals surface area contributed by atoms with Crippen molar-refractivity contribution < 1.29 is 0 Å². The molecule has 1 aromatic carbocycles. The van der Waals surface area contributed by atoms with Crippen molar-refractivity contribution in [2.75, 3.05) is 0 Å². The zero-order valence-electron chi connectivity index (χ0n) is 9.32. The molecular weight excluding hydrogens is 336 g/mol. The first kappa shape index (κ1) is 13.6. The molecule has 1 heterocycles. The predicted molar refractivity (Wildman–Crippen MR) is 78.5 cm³/mol. The average molecular weight is 346 g/mol. The summed E-state index contributed by atoms with van der Waals surface area (Å²) in [5, 5.41) is 1.22. The number of alkyl halides is 1. The molecule has 0 saturated heterocycles. The molecule has 0 amide bonds. The van der Waals surface area contributed by atoms with E-state index in [1.807, 2.05) is 24.3 Å². The second kappa shape index (κ2) is 6.41. The molecule has 0 saturated carbocycles. The van der Waals surface area contributed by atoms with Gasteiger partial charge in [-0.2, -0.15) is 0 Å². The van der Waals surface area contributed by atoms with Gasteiger partial charge in [0.25, 0.3) is 5.56 Å². The van der Waals surface area contributed by atoms with E-state index in [9.17, 15) is 4.79 Å². The Morgan fingerprint density at radius 2 is 2.28 bits per heavy atom. The number of aromatic nitrogens is 2. The molecule has 2 rings (SSSR count). The summed E-state index contributed by atoms with van der Waals surface area (Å²) in [6.07, 6.45) is 1.60. The lowest BCUT2D eigenvalue weighted by atomic mass is 10.4. The Labute approximate surface area is 122 Å². The summed E-state index contributed by atoms with van der Waals surface area (Å²) >= 11 is 10.7. The molecule has 0 fully saturated rings.